The molecule has 2 N–H and O–H groups in total. The van der Waals surface area contributed by atoms with Crippen molar-refractivity contribution in [2.75, 3.05) is 5.73 Å². The van der Waals surface area contributed by atoms with E-state index in [4.69, 9.17) is 5.73 Å². The minimum absolute atomic E-state index is 0.472. The fourth-order valence-electron chi connectivity index (χ4n) is 2.40. The van der Waals surface area contributed by atoms with Gasteiger partial charge in [-0.25, -0.2) is 0 Å². The maximum absolute atomic E-state index is 5.98. The van der Waals surface area contributed by atoms with Crippen LogP contribution < -0.4 is 5.73 Å². The highest BCUT2D eigenvalue weighted by atomic mass is 15.3. The smallest absolute Gasteiger partial charge is 0.257 e. The van der Waals surface area contributed by atoms with Crippen LogP contribution in [0.5, 0.6) is 0 Å². The second-order valence-electron chi connectivity index (χ2n) is 4.54. The van der Waals surface area contributed by atoms with Crippen LogP contribution in [0.1, 0.15) is 0 Å². The molecule has 2 aromatic carbocycles. The first-order valence-corrected chi connectivity index (χ1v) is 6.29. The van der Waals surface area contributed by atoms with Gasteiger partial charge in [-0.15, -0.1) is 10.2 Å². The van der Waals surface area contributed by atoms with Gasteiger partial charge in [0.25, 0.3) is 5.78 Å². The van der Waals surface area contributed by atoms with Crippen molar-refractivity contribution in [3.63, 3.8) is 0 Å². The number of hydrogen-bond donors (Lipinski definition) is 1. The van der Waals surface area contributed by atoms with Crippen LogP contribution in [-0.2, 0) is 0 Å². The molecule has 0 saturated heterocycles. The number of para-hydroxylation sites is 1. The van der Waals surface area contributed by atoms with Crippen molar-refractivity contribution in [1.82, 2.24) is 19.6 Å². The lowest BCUT2D eigenvalue weighted by atomic mass is 10.2. The fourth-order valence-corrected chi connectivity index (χ4v) is 2.40. The summed E-state index contributed by atoms with van der Waals surface area (Å²) in [4.78, 5) is 4.32. The van der Waals surface area contributed by atoms with Crippen LogP contribution in [0.3, 0.4) is 0 Å². The number of rotatable bonds is 1. The van der Waals surface area contributed by atoms with E-state index in [9.17, 15) is 0 Å². The Bertz CT molecular complexity index is 912. The van der Waals surface area contributed by atoms with Crippen molar-refractivity contribution < 1.29 is 0 Å². The molecule has 0 atom stereocenters. The molecule has 0 amide bonds. The fraction of sp³-hybridized carbons (Fsp3) is 0. The molecular weight excluding hydrogens is 250 g/mol. The van der Waals surface area contributed by atoms with Gasteiger partial charge in [0.2, 0.25) is 0 Å². The predicted molar refractivity (Wildman–Crippen MR) is 78.1 cm³/mol. The second-order valence-corrected chi connectivity index (χ2v) is 4.54. The average molecular weight is 261 g/mol. The van der Waals surface area contributed by atoms with E-state index in [1.54, 1.807) is 0 Å². The topological polar surface area (TPSA) is 69.1 Å². The van der Waals surface area contributed by atoms with E-state index >= 15 is 0 Å². The minimum atomic E-state index is 0.472. The molecule has 2 aromatic heterocycles. The summed E-state index contributed by atoms with van der Waals surface area (Å²) >= 11 is 0. The number of nitrogens with two attached hydrogens (primary N) is 1. The summed E-state index contributed by atoms with van der Waals surface area (Å²) in [5.74, 6) is 1.75. The molecule has 20 heavy (non-hydrogen) atoms. The first-order valence-electron chi connectivity index (χ1n) is 6.29. The Morgan fingerprint density at radius 2 is 1.60 bits per heavy atom. The van der Waals surface area contributed by atoms with Gasteiger partial charge in [-0.2, -0.15) is 4.98 Å². The van der Waals surface area contributed by atoms with E-state index in [-0.39, 0.29) is 0 Å². The first-order chi connectivity index (χ1) is 9.84. The third kappa shape index (κ3) is 1.46. The van der Waals surface area contributed by atoms with Crippen LogP contribution in [0.2, 0.25) is 0 Å². The third-order valence-electron chi connectivity index (χ3n) is 3.32. The Labute approximate surface area is 114 Å². The summed E-state index contributed by atoms with van der Waals surface area (Å²) in [5, 5.41) is 9.28. The molecule has 5 heteroatoms. The van der Waals surface area contributed by atoms with Gasteiger partial charge in [0.15, 0.2) is 5.82 Å². The van der Waals surface area contributed by atoms with Gasteiger partial charge in [0.1, 0.15) is 5.82 Å². The monoisotopic (exact) mass is 261 g/mol. The molecule has 0 fully saturated rings. The molecule has 5 nitrogen and oxygen atoms in total. The number of fused-ring (bicyclic) bond motifs is 3. The van der Waals surface area contributed by atoms with Crippen LogP contribution >= 0.6 is 0 Å². The Morgan fingerprint density at radius 1 is 0.850 bits per heavy atom. The summed E-state index contributed by atoms with van der Waals surface area (Å²) in [6.45, 7) is 0. The Kier molecular flexibility index (Phi) is 2.20. The highest BCUT2D eigenvalue weighted by molar-refractivity contribution is 5.91. The summed E-state index contributed by atoms with van der Waals surface area (Å²) in [5.41, 5.74) is 7.93. The summed E-state index contributed by atoms with van der Waals surface area (Å²) in [6.07, 6.45) is 0. The van der Waals surface area contributed by atoms with E-state index in [1.165, 1.54) is 0 Å². The van der Waals surface area contributed by atoms with Crippen LogP contribution in [0.4, 0.5) is 5.82 Å². The molecule has 0 aliphatic rings. The van der Waals surface area contributed by atoms with Crippen LogP contribution in [0.15, 0.2) is 54.6 Å². The second kappa shape index (κ2) is 4.03. The van der Waals surface area contributed by atoms with Crippen molar-refractivity contribution in [2.45, 2.75) is 0 Å². The van der Waals surface area contributed by atoms with Crippen molar-refractivity contribution in [3.8, 4) is 11.4 Å². The molecule has 2 heterocycles. The van der Waals surface area contributed by atoms with Crippen molar-refractivity contribution >= 4 is 22.5 Å². The Balaban J connectivity index is 2.17. The van der Waals surface area contributed by atoms with Crippen LogP contribution in [0, 0.1) is 0 Å². The number of benzene rings is 2. The zero-order valence-electron chi connectivity index (χ0n) is 10.6. The summed E-state index contributed by atoms with van der Waals surface area (Å²) in [6, 6.07) is 17.8. The van der Waals surface area contributed by atoms with Gasteiger partial charge in [-0.1, -0.05) is 42.5 Å². The zero-order chi connectivity index (χ0) is 13.5. The van der Waals surface area contributed by atoms with E-state index < -0.39 is 0 Å². The molecule has 4 rings (SSSR count). The normalized spacial score (nSPS) is 11.2. The maximum atomic E-state index is 5.98. The Hall–Kier alpha value is -2.95. The van der Waals surface area contributed by atoms with Gasteiger partial charge < -0.3 is 5.73 Å². The first kappa shape index (κ1) is 10.9. The van der Waals surface area contributed by atoms with E-state index in [2.05, 4.69) is 15.2 Å². The van der Waals surface area contributed by atoms with E-state index in [1.807, 2.05) is 59.0 Å². The number of nitrogen functional groups attached to an aromatic ring is 1. The number of hydrogen-bond acceptors (Lipinski definition) is 4. The maximum Gasteiger partial charge on any atom is 0.257 e. The standard InChI is InChI=1S/C15H11N5/c16-13-11-8-4-5-9-12(11)20-14(18-19-15(20)17-13)10-6-2-1-3-7-10/h1-9H,(H2,16,17,19). The van der Waals surface area contributed by atoms with Gasteiger partial charge in [0, 0.05) is 10.9 Å². The van der Waals surface area contributed by atoms with Gasteiger partial charge in [0.05, 0.1) is 5.52 Å². The minimum Gasteiger partial charge on any atom is -0.383 e. The van der Waals surface area contributed by atoms with Gasteiger partial charge >= 0.3 is 0 Å². The zero-order valence-corrected chi connectivity index (χ0v) is 10.6. The highest BCUT2D eigenvalue weighted by Gasteiger charge is 2.13. The molecule has 0 bridgehead atoms. The van der Waals surface area contributed by atoms with E-state index in [0.717, 1.165) is 22.3 Å². The lowest BCUT2D eigenvalue weighted by Gasteiger charge is -2.06. The predicted octanol–water partition coefficient (Wildman–Crippen LogP) is 2.53. The van der Waals surface area contributed by atoms with Crippen LogP contribution in [-0.4, -0.2) is 19.6 Å². The molecular formula is C15H11N5. The van der Waals surface area contributed by atoms with Gasteiger partial charge in [-0.3, -0.25) is 4.40 Å². The molecule has 96 valence electrons. The van der Waals surface area contributed by atoms with Crippen molar-refractivity contribution in [1.29, 1.82) is 0 Å². The highest BCUT2D eigenvalue weighted by Crippen LogP contribution is 2.25. The molecule has 4 aromatic rings. The van der Waals surface area contributed by atoms with E-state index in [0.29, 0.717) is 11.6 Å². The molecule has 0 radical (unpaired) electrons. The lowest BCUT2D eigenvalue weighted by Crippen LogP contribution is -1.99. The molecule has 0 spiro atoms. The Morgan fingerprint density at radius 3 is 2.45 bits per heavy atom. The quantitative estimate of drug-likeness (QED) is 0.571. The number of nitrogens with zero attached hydrogens (tertiary/aromatic N) is 4. The number of aromatic nitrogens is 4. The third-order valence-corrected chi connectivity index (χ3v) is 3.32. The lowest BCUT2D eigenvalue weighted by molar-refractivity contribution is 1.10. The largest absolute Gasteiger partial charge is 0.383 e. The summed E-state index contributed by atoms with van der Waals surface area (Å²) < 4.78 is 1.93. The van der Waals surface area contributed by atoms with Crippen LogP contribution in [0.25, 0.3) is 28.1 Å². The molecule has 0 aliphatic heterocycles. The SMILES string of the molecule is Nc1nc2nnc(-c3ccccc3)n2c2ccccc12. The molecule has 0 unspecified atom stereocenters. The molecule has 0 saturated carbocycles. The number of anilines is 1. The molecule has 0 aliphatic carbocycles. The van der Waals surface area contributed by atoms with Crippen molar-refractivity contribution in [2.24, 2.45) is 0 Å². The van der Waals surface area contributed by atoms with Crippen molar-refractivity contribution in [3.05, 3.63) is 54.6 Å². The summed E-state index contributed by atoms with van der Waals surface area (Å²) in [7, 11) is 0. The average Bonchev–Trinajstić information content (AvgIpc) is 2.92. The van der Waals surface area contributed by atoms with Gasteiger partial charge in [-0.05, 0) is 12.1 Å².